The summed E-state index contributed by atoms with van der Waals surface area (Å²) < 4.78 is 75.5. The van der Waals surface area contributed by atoms with Crippen molar-refractivity contribution in [3.05, 3.63) is 53.1 Å². The Bertz CT molecular complexity index is 925. The Labute approximate surface area is 133 Å². The van der Waals surface area contributed by atoms with Gasteiger partial charge in [0, 0.05) is 17.8 Å². The van der Waals surface area contributed by atoms with Crippen LogP contribution in [0.3, 0.4) is 0 Å². The first-order valence-electron chi connectivity index (χ1n) is 6.08. The summed E-state index contributed by atoms with van der Waals surface area (Å²) in [6, 6.07) is 2.06. The number of halogens is 4. The van der Waals surface area contributed by atoms with E-state index < -0.39 is 61.0 Å². The van der Waals surface area contributed by atoms with Gasteiger partial charge in [0.2, 0.25) is 10.0 Å². The topological polar surface area (TPSA) is 115 Å². The van der Waals surface area contributed by atoms with E-state index in [0.29, 0.717) is 24.3 Å². The molecule has 2 aromatic rings. The van der Waals surface area contributed by atoms with E-state index in [1.807, 2.05) is 5.32 Å². The van der Waals surface area contributed by atoms with Crippen LogP contribution in [0, 0.1) is 23.3 Å². The van der Waals surface area contributed by atoms with Gasteiger partial charge in [-0.2, -0.15) is 0 Å². The molecule has 1 amide bonds. The fourth-order valence-electron chi connectivity index (χ4n) is 1.82. The van der Waals surface area contributed by atoms with Crippen molar-refractivity contribution in [1.29, 1.82) is 0 Å². The maximum Gasteiger partial charge on any atom is 0.258 e. The first kappa shape index (κ1) is 17.7. The SMILES string of the molecule is Nc1cc(F)c(C(=O)Nc2cc(F)c(F)c(F)c2)cc1S(N)(=O)=O. The Balaban J connectivity index is 2.44. The zero-order valence-electron chi connectivity index (χ0n) is 11.6. The third-order valence-corrected chi connectivity index (χ3v) is 3.86. The molecule has 128 valence electrons. The zero-order valence-corrected chi connectivity index (χ0v) is 12.4. The molecular formula is C13H9F4N3O3S. The summed E-state index contributed by atoms with van der Waals surface area (Å²) in [6.45, 7) is 0. The number of rotatable bonds is 3. The minimum Gasteiger partial charge on any atom is -0.398 e. The number of anilines is 2. The lowest BCUT2D eigenvalue weighted by atomic mass is 10.1. The number of hydrogen-bond donors (Lipinski definition) is 3. The second kappa shape index (κ2) is 6.09. The van der Waals surface area contributed by atoms with Crippen molar-refractivity contribution >= 4 is 27.3 Å². The number of carbonyl (C=O) groups excluding carboxylic acids is 1. The van der Waals surface area contributed by atoms with Gasteiger partial charge in [0.05, 0.1) is 11.3 Å². The van der Waals surface area contributed by atoms with Crippen molar-refractivity contribution in [2.24, 2.45) is 5.14 Å². The molecule has 0 spiro atoms. The molecule has 0 bridgehead atoms. The average molecular weight is 363 g/mol. The van der Waals surface area contributed by atoms with Gasteiger partial charge in [0.15, 0.2) is 17.5 Å². The van der Waals surface area contributed by atoms with Gasteiger partial charge in [0.25, 0.3) is 5.91 Å². The van der Waals surface area contributed by atoms with Crippen molar-refractivity contribution in [3.8, 4) is 0 Å². The molecule has 6 nitrogen and oxygen atoms in total. The number of nitrogens with two attached hydrogens (primary N) is 2. The molecule has 0 unspecified atom stereocenters. The standard InChI is InChI=1S/C13H9F4N3O3S/c14-7-4-10(18)11(24(19,22)23)3-6(7)13(21)20-5-1-8(15)12(17)9(16)2-5/h1-4H,18H2,(H,20,21)(H2,19,22,23). The Morgan fingerprint density at radius 2 is 1.50 bits per heavy atom. The highest BCUT2D eigenvalue weighted by Crippen LogP contribution is 2.23. The molecule has 0 fully saturated rings. The molecule has 0 aromatic heterocycles. The molecule has 11 heteroatoms. The van der Waals surface area contributed by atoms with Gasteiger partial charge < -0.3 is 11.1 Å². The van der Waals surface area contributed by atoms with E-state index in [1.165, 1.54) is 0 Å². The first-order chi connectivity index (χ1) is 11.0. The molecule has 0 saturated heterocycles. The van der Waals surface area contributed by atoms with Crippen molar-refractivity contribution in [3.63, 3.8) is 0 Å². The highest BCUT2D eigenvalue weighted by atomic mass is 32.2. The van der Waals surface area contributed by atoms with Crippen LogP contribution in [0.1, 0.15) is 10.4 Å². The molecule has 0 aliphatic carbocycles. The summed E-state index contributed by atoms with van der Waals surface area (Å²) in [5, 5.41) is 6.79. The van der Waals surface area contributed by atoms with Crippen LogP contribution in [-0.2, 0) is 10.0 Å². The highest BCUT2D eigenvalue weighted by molar-refractivity contribution is 7.89. The Morgan fingerprint density at radius 1 is 0.958 bits per heavy atom. The number of nitrogen functional groups attached to an aromatic ring is 1. The minimum atomic E-state index is -4.34. The molecule has 5 N–H and O–H groups in total. The number of hydrogen-bond acceptors (Lipinski definition) is 4. The molecular weight excluding hydrogens is 354 g/mol. The highest BCUT2D eigenvalue weighted by Gasteiger charge is 2.21. The van der Waals surface area contributed by atoms with Gasteiger partial charge in [-0.25, -0.2) is 31.1 Å². The fraction of sp³-hybridized carbons (Fsp3) is 0. The van der Waals surface area contributed by atoms with Crippen LogP contribution in [0.15, 0.2) is 29.2 Å². The number of nitrogens with one attached hydrogen (secondary N) is 1. The monoisotopic (exact) mass is 363 g/mol. The normalized spacial score (nSPS) is 11.4. The van der Waals surface area contributed by atoms with Gasteiger partial charge in [0.1, 0.15) is 10.7 Å². The predicted molar refractivity (Wildman–Crippen MR) is 76.5 cm³/mol. The van der Waals surface area contributed by atoms with E-state index in [4.69, 9.17) is 10.9 Å². The lowest BCUT2D eigenvalue weighted by Gasteiger charge is -2.10. The van der Waals surface area contributed by atoms with E-state index in [1.54, 1.807) is 0 Å². The van der Waals surface area contributed by atoms with Crippen LogP contribution in [0.4, 0.5) is 28.9 Å². The van der Waals surface area contributed by atoms with E-state index in [2.05, 4.69) is 0 Å². The third kappa shape index (κ3) is 3.46. The van der Waals surface area contributed by atoms with Crippen LogP contribution in [0.5, 0.6) is 0 Å². The predicted octanol–water partition coefficient (Wildman–Crippen LogP) is 1.72. The van der Waals surface area contributed by atoms with Crippen molar-refractivity contribution in [2.75, 3.05) is 11.1 Å². The molecule has 2 rings (SSSR count). The Kier molecular flexibility index (Phi) is 4.49. The smallest absolute Gasteiger partial charge is 0.258 e. The summed E-state index contributed by atoms with van der Waals surface area (Å²) in [5.74, 6) is -7.34. The Morgan fingerprint density at radius 3 is 2.00 bits per heavy atom. The molecule has 0 atom stereocenters. The van der Waals surface area contributed by atoms with Gasteiger partial charge in [-0.3, -0.25) is 4.79 Å². The Hall–Kier alpha value is -2.66. The number of primary sulfonamides is 1. The summed E-state index contributed by atoms with van der Waals surface area (Å²) in [6.07, 6.45) is 0. The van der Waals surface area contributed by atoms with E-state index >= 15 is 0 Å². The summed E-state index contributed by atoms with van der Waals surface area (Å²) in [5.41, 5.74) is 3.49. The quantitative estimate of drug-likeness (QED) is 0.437. The van der Waals surface area contributed by atoms with Gasteiger partial charge in [-0.15, -0.1) is 0 Å². The van der Waals surface area contributed by atoms with Crippen molar-refractivity contribution in [2.45, 2.75) is 4.90 Å². The van der Waals surface area contributed by atoms with E-state index in [0.717, 1.165) is 0 Å². The lowest BCUT2D eigenvalue weighted by Crippen LogP contribution is -2.19. The van der Waals surface area contributed by atoms with Gasteiger partial charge in [-0.05, 0) is 12.1 Å². The summed E-state index contributed by atoms with van der Waals surface area (Å²) >= 11 is 0. The number of sulfonamides is 1. The van der Waals surface area contributed by atoms with Crippen LogP contribution >= 0.6 is 0 Å². The van der Waals surface area contributed by atoms with Crippen LogP contribution in [-0.4, -0.2) is 14.3 Å². The number of benzene rings is 2. The second-order valence-corrected chi connectivity index (χ2v) is 6.15. The average Bonchev–Trinajstić information content (AvgIpc) is 2.43. The van der Waals surface area contributed by atoms with Crippen LogP contribution < -0.4 is 16.2 Å². The molecule has 0 aliphatic rings. The molecule has 0 heterocycles. The van der Waals surface area contributed by atoms with E-state index in [9.17, 15) is 30.8 Å². The molecule has 2 aromatic carbocycles. The maximum absolute atomic E-state index is 13.8. The summed E-state index contributed by atoms with van der Waals surface area (Å²) in [7, 11) is -4.34. The molecule has 0 radical (unpaired) electrons. The summed E-state index contributed by atoms with van der Waals surface area (Å²) in [4.78, 5) is 11.3. The molecule has 0 saturated carbocycles. The van der Waals surface area contributed by atoms with Gasteiger partial charge >= 0.3 is 0 Å². The maximum atomic E-state index is 13.8. The van der Waals surface area contributed by atoms with Gasteiger partial charge in [-0.1, -0.05) is 0 Å². The van der Waals surface area contributed by atoms with Crippen molar-refractivity contribution in [1.82, 2.24) is 0 Å². The van der Waals surface area contributed by atoms with Crippen LogP contribution in [0.25, 0.3) is 0 Å². The first-order valence-corrected chi connectivity index (χ1v) is 7.63. The van der Waals surface area contributed by atoms with Crippen LogP contribution in [0.2, 0.25) is 0 Å². The number of carbonyl (C=O) groups is 1. The number of amides is 1. The second-order valence-electron chi connectivity index (χ2n) is 4.62. The lowest BCUT2D eigenvalue weighted by molar-refractivity contribution is 0.102. The fourth-order valence-corrected chi connectivity index (χ4v) is 2.48. The zero-order chi connectivity index (χ0) is 18.2. The molecule has 0 aliphatic heterocycles. The minimum absolute atomic E-state index is 0.464. The molecule has 24 heavy (non-hydrogen) atoms. The van der Waals surface area contributed by atoms with E-state index in [-0.39, 0.29) is 0 Å². The van der Waals surface area contributed by atoms with Crippen molar-refractivity contribution < 1.29 is 30.8 Å². The largest absolute Gasteiger partial charge is 0.398 e. The third-order valence-electron chi connectivity index (χ3n) is 2.89.